The number of likely N-dealkylation sites (N-methyl/N-ethyl adjacent to an activating group) is 1. The summed E-state index contributed by atoms with van der Waals surface area (Å²) < 4.78 is 0. The zero-order chi connectivity index (χ0) is 11.7. The molecule has 0 radical (unpaired) electrons. The van der Waals surface area contributed by atoms with Crippen LogP contribution in [0, 0.1) is 11.8 Å². The highest BCUT2D eigenvalue weighted by Crippen LogP contribution is 2.41. The summed E-state index contributed by atoms with van der Waals surface area (Å²) in [7, 11) is 1.58. The zero-order valence-electron chi connectivity index (χ0n) is 9.48. The van der Waals surface area contributed by atoms with Gasteiger partial charge in [-0.25, -0.2) is 0 Å². The van der Waals surface area contributed by atoms with Crippen LogP contribution in [0.2, 0.25) is 0 Å². The van der Waals surface area contributed by atoms with Gasteiger partial charge in [0.15, 0.2) is 0 Å². The molecule has 0 aromatic rings. The van der Waals surface area contributed by atoms with Crippen molar-refractivity contribution in [2.24, 2.45) is 11.8 Å². The largest absolute Gasteiger partial charge is 0.480 e. The first-order valence-electron chi connectivity index (χ1n) is 5.81. The quantitative estimate of drug-likeness (QED) is 0.706. The molecule has 1 amide bonds. The molecular weight excluding hydrogens is 208 g/mol. The van der Waals surface area contributed by atoms with Gasteiger partial charge in [0.05, 0.1) is 6.54 Å². The second-order valence-electron chi connectivity index (χ2n) is 4.74. The molecule has 3 atom stereocenters. The number of carboxylic acid groups (broad SMARTS) is 1. The van der Waals surface area contributed by atoms with Crippen LogP contribution in [0.5, 0.6) is 0 Å². The summed E-state index contributed by atoms with van der Waals surface area (Å²) in [6.07, 6.45) is 3.23. The summed E-state index contributed by atoms with van der Waals surface area (Å²) in [5.41, 5.74) is 0. The molecule has 16 heavy (non-hydrogen) atoms. The van der Waals surface area contributed by atoms with E-state index in [0.717, 1.165) is 25.8 Å². The third-order valence-electron chi connectivity index (χ3n) is 3.86. The van der Waals surface area contributed by atoms with E-state index in [2.05, 4.69) is 5.32 Å². The number of amides is 1. The van der Waals surface area contributed by atoms with Gasteiger partial charge in [-0.05, 0) is 24.7 Å². The first-order chi connectivity index (χ1) is 7.63. The number of aliphatic carboxylic acids is 1. The average molecular weight is 226 g/mol. The molecule has 5 heteroatoms. The molecular formula is C11H18N2O3. The van der Waals surface area contributed by atoms with E-state index in [-0.39, 0.29) is 18.4 Å². The van der Waals surface area contributed by atoms with E-state index in [0.29, 0.717) is 5.92 Å². The Bertz CT molecular complexity index is 306. The van der Waals surface area contributed by atoms with Crippen molar-refractivity contribution in [2.45, 2.75) is 25.3 Å². The van der Waals surface area contributed by atoms with Gasteiger partial charge in [-0.3, -0.25) is 14.5 Å². The Morgan fingerprint density at radius 3 is 2.81 bits per heavy atom. The van der Waals surface area contributed by atoms with Crippen molar-refractivity contribution in [3.63, 3.8) is 0 Å². The third-order valence-corrected chi connectivity index (χ3v) is 3.86. The minimum absolute atomic E-state index is 0.105. The van der Waals surface area contributed by atoms with Crippen molar-refractivity contribution in [3.8, 4) is 0 Å². The Morgan fingerprint density at radius 2 is 2.19 bits per heavy atom. The van der Waals surface area contributed by atoms with Crippen molar-refractivity contribution in [3.05, 3.63) is 0 Å². The average Bonchev–Trinajstić information content (AvgIpc) is 2.76. The summed E-state index contributed by atoms with van der Waals surface area (Å²) in [5.74, 6) is -0.155. The van der Waals surface area contributed by atoms with Crippen LogP contribution in [0.25, 0.3) is 0 Å². The minimum Gasteiger partial charge on any atom is -0.480 e. The molecule has 2 N–H and O–H groups in total. The molecule has 2 fully saturated rings. The summed E-state index contributed by atoms with van der Waals surface area (Å²) in [5, 5.41) is 11.8. The molecule has 90 valence electrons. The Morgan fingerprint density at radius 1 is 1.44 bits per heavy atom. The Balaban J connectivity index is 2.07. The number of carbonyl (C=O) groups excluding carboxylic acids is 1. The molecule has 1 aliphatic heterocycles. The van der Waals surface area contributed by atoms with Gasteiger partial charge >= 0.3 is 5.97 Å². The Hall–Kier alpha value is -1.10. The molecule has 1 saturated carbocycles. The summed E-state index contributed by atoms with van der Waals surface area (Å²) >= 11 is 0. The predicted molar refractivity (Wildman–Crippen MR) is 57.9 cm³/mol. The molecule has 3 unspecified atom stereocenters. The molecule has 1 aliphatic carbocycles. The van der Waals surface area contributed by atoms with Crippen LogP contribution in [0.1, 0.15) is 19.3 Å². The second kappa shape index (κ2) is 4.41. The number of carboxylic acids is 1. The lowest BCUT2D eigenvalue weighted by molar-refractivity contribution is -0.144. The maximum Gasteiger partial charge on any atom is 0.321 e. The van der Waals surface area contributed by atoms with E-state index in [1.165, 1.54) is 0 Å². The monoisotopic (exact) mass is 226 g/mol. The first kappa shape index (κ1) is 11.4. The summed E-state index contributed by atoms with van der Waals surface area (Å²) in [6, 6.07) is -0.454. The maximum atomic E-state index is 11.3. The van der Waals surface area contributed by atoms with Crippen molar-refractivity contribution in [2.75, 3.05) is 20.1 Å². The fourth-order valence-corrected chi connectivity index (χ4v) is 3.16. The molecule has 1 heterocycles. The van der Waals surface area contributed by atoms with Gasteiger partial charge in [-0.2, -0.15) is 0 Å². The zero-order valence-corrected chi connectivity index (χ0v) is 9.48. The van der Waals surface area contributed by atoms with Gasteiger partial charge in [0.25, 0.3) is 0 Å². The normalized spacial score (nSPS) is 33.7. The molecule has 2 aliphatic rings. The second-order valence-corrected chi connectivity index (χ2v) is 4.74. The van der Waals surface area contributed by atoms with Gasteiger partial charge in [0.1, 0.15) is 6.04 Å². The van der Waals surface area contributed by atoms with Crippen LogP contribution in [-0.4, -0.2) is 48.1 Å². The lowest BCUT2D eigenvalue weighted by atomic mass is 9.94. The van der Waals surface area contributed by atoms with E-state index in [1.807, 2.05) is 4.90 Å². The van der Waals surface area contributed by atoms with Crippen molar-refractivity contribution in [1.29, 1.82) is 0 Å². The van der Waals surface area contributed by atoms with Gasteiger partial charge in [-0.15, -0.1) is 0 Å². The minimum atomic E-state index is -0.779. The number of fused-ring (bicyclic) bond motifs is 1. The van der Waals surface area contributed by atoms with E-state index in [1.54, 1.807) is 7.05 Å². The number of hydrogen-bond acceptors (Lipinski definition) is 3. The fourth-order valence-electron chi connectivity index (χ4n) is 3.16. The summed E-state index contributed by atoms with van der Waals surface area (Å²) in [6.45, 7) is 0.968. The molecule has 0 spiro atoms. The molecule has 5 nitrogen and oxygen atoms in total. The molecule has 0 aromatic heterocycles. The van der Waals surface area contributed by atoms with Crippen LogP contribution < -0.4 is 5.32 Å². The number of rotatable bonds is 3. The fraction of sp³-hybridized carbons (Fsp3) is 0.818. The number of likely N-dealkylation sites (tertiary alicyclic amines) is 1. The lowest BCUT2D eigenvalue weighted by Crippen LogP contribution is -2.44. The Kier molecular flexibility index (Phi) is 3.14. The highest BCUT2D eigenvalue weighted by molar-refractivity contribution is 5.80. The Labute approximate surface area is 94.8 Å². The van der Waals surface area contributed by atoms with E-state index in [9.17, 15) is 14.7 Å². The molecule has 2 rings (SSSR count). The summed E-state index contributed by atoms with van der Waals surface area (Å²) in [4.78, 5) is 24.4. The van der Waals surface area contributed by atoms with E-state index < -0.39 is 12.0 Å². The maximum absolute atomic E-state index is 11.3. The van der Waals surface area contributed by atoms with Gasteiger partial charge in [-0.1, -0.05) is 6.42 Å². The first-order valence-corrected chi connectivity index (χ1v) is 5.81. The van der Waals surface area contributed by atoms with Crippen LogP contribution >= 0.6 is 0 Å². The van der Waals surface area contributed by atoms with Crippen LogP contribution in [-0.2, 0) is 9.59 Å². The highest BCUT2D eigenvalue weighted by atomic mass is 16.4. The number of hydrogen-bond donors (Lipinski definition) is 2. The number of carbonyl (C=O) groups is 2. The smallest absolute Gasteiger partial charge is 0.321 e. The van der Waals surface area contributed by atoms with Crippen LogP contribution in [0.4, 0.5) is 0 Å². The van der Waals surface area contributed by atoms with E-state index >= 15 is 0 Å². The van der Waals surface area contributed by atoms with E-state index in [4.69, 9.17) is 0 Å². The number of nitrogens with zero attached hydrogens (tertiary/aromatic N) is 1. The van der Waals surface area contributed by atoms with Crippen LogP contribution in [0.3, 0.4) is 0 Å². The van der Waals surface area contributed by atoms with Gasteiger partial charge in [0, 0.05) is 13.6 Å². The van der Waals surface area contributed by atoms with Gasteiger partial charge in [0.2, 0.25) is 5.91 Å². The van der Waals surface area contributed by atoms with Crippen LogP contribution in [0.15, 0.2) is 0 Å². The van der Waals surface area contributed by atoms with Gasteiger partial charge < -0.3 is 10.4 Å². The molecule has 0 bridgehead atoms. The molecule has 1 saturated heterocycles. The van der Waals surface area contributed by atoms with Crippen molar-refractivity contribution in [1.82, 2.24) is 10.2 Å². The lowest BCUT2D eigenvalue weighted by Gasteiger charge is -2.23. The highest BCUT2D eigenvalue weighted by Gasteiger charge is 2.47. The SMILES string of the molecule is CNC(=O)CN1CC2CCCC2C1C(=O)O. The van der Waals surface area contributed by atoms with Crippen molar-refractivity contribution < 1.29 is 14.7 Å². The standard InChI is InChI=1S/C11H18N2O3/c1-12-9(14)6-13-5-7-3-2-4-8(7)10(13)11(15)16/h7-8,10H,2-6H2,1H3,(H,12,14)(H,15,16). The number of nitrogens with one attached hydrogen (secondary N) is 1. The third kappa shape index (κ3) is 1.91. The molecule has 0 aromatic carbocycles. The van der Waals surface area contributed by atoms with Crippen molar-refractivity contribution >= 4 is 11.9 Å². The predicted octanol–water partition coefficient (Wildman–Crippen LogP) is -0.0825. The topological polar surface area (TPSA) is 69.6 Å².